The lowest BCUT2D eigenvalue weighted by Crippen LogP contribution is -2.32. The second-order valence-corrected chi connectivity index (χ2v) is 3.29. The van der Waals surface area contributed by atoms with E-state index >= 15 is 0 Å². The van der Waals surface area contributed by atoms with Crippen LogP contribution in [0.4, 0.5) is 5.82 Å². The first-order valence-electron chi connectivity index (χ1n) is 4.78. The fraction of sp³-hybridized carbons (Fsp3) is 0. The number of anilines is 1. The molecular formula is C10H9N6+. The Labute approximate surface area is 90.8 Å². The van der Waals surface area contributed by atoms with E-state index < -0.39 is 0 Å². The molecule has 0 saturated carbocycles. The third kappa shape index (κ3) is 1.28. The Morgan fingerprint density at radius 1 is 1.12 bits per heavy atom. The minimum atomic E-state index is 0.397. The number of hydrogen-bond donors (Lipinski definition) is 2. The van der Waals surface area contributed by atoms with Gasteiger partial charge in [0.25, 0.3) is 5.65 Å². The molecule has 0 amide bonds. The molecule has 0 saturated heterocycles. The zero-order chi connectivity index (χ0) is 11.0. The number of nitrogens with two attached hydrogens (primary N) is 1. The van der Waals surface area contributed by atoms with Gasteiger partial charge >= 0.3 is 5.95 Å². The molecule has 0 aliphatic rings. The number of nitrogens with zero attached hydrogens (tertiary/aromatic N) is 4. The molecule has 0 aromatic carbocycles. The van der Waals surface area contributed by atoms with Crippen molar-refractivity contribution in [1.82, 2.24) is 19.9 Å². The summed E-state index contributed by atoms with van der Waals surface area (Å²) >= 11 is 0. The number of pyridine rings is 1. The highest BCUT2D eigenvalue weighted by molar-refractivity contribution is 5.81. The molecule has 6 nitrogen and oxygen atoms in total. The summed E-state index contributed by atoms with van der Waals surface area (Å²) in [7, 11) is 0. The number of rotatable bonds is 1. The first-order chi connectivity index (χ1) is 7.84. The van der Waals surface area contributed by atoms with E-state index in [0.717, 1.165) is 0 Å². The Morgan fingerprint density at radius 3 is 2.75 bits per heavy atom. The van der Waals surface area contributed by atoms with Crippen molar-refractivity contribution in [2.24, 2.45) is 0 Å². The van der Waals surface area contributed by atoms with Crippen molar-refractivity contribution >= 4 is 17.0 Å². The van der Waals surface area contributed by atoms with Gasteiger partial charge < -0.3 is 10.7 Å². The van der Waals surface area contributed by atoms with Gasteiger partial charge in [0.2, 0.25) is 5.82 Å². The van der Waals surface area contributed by atoms with Crippen LogP contribution < -0.4 is 10.3 Å². The molecular weight excluding hydrogens is 204 g/mol. The summed E-state index contributed by atoms with van der Waals surface area (Å²) in [5, 5.41) is 0. The summed E-state index contributed by atoms with van der Waals surface area (Å²) < 4.78 is 1.78. The Kier molecular flexibility index (Phi) is 1.79. The molecule has 78 valence electrons. The molecule has 0 atom stereocenters. The maximum absolute atomic E-state index is 5.80. The van der Waals surface area contributed by atoms with Crippen LogP contribution in [0.25, 0.3) is 17.1 Å². The average Bonchev–Trinajstić information content (AvgIpc) is 2.79. The van der Waals surface area contributed by atoms with E-state index in [0.29, 0.717) is 22.9 Å². The highest BCUT2D eigenvalue weighted by atomic mass is 15.2. The van der Waals surface area contributed by atoms with Crippen LogP contribution in [0, 0.1) is 0 Å². The number of nitrogens with one attached hydrogen (secondary N) is 1. The molecule has 3 N–H and O–H groups in total. The molecule has 0 bridgehead atoms. The Bertz CT molecular complexity index is 630. The van der Waals surface area contributed by atoms with Crippen molar-refractivity contribution in [3.8, 4) is 5.95 Å². The van der Waals surface area contributed by atoms with Crippen molar-refractivity contribution < 1.29 is 4.57 Å². The fourth-order valence-corrected chi connectivity index (χ4v) is 1.49. The van der Waals surface area contributed by atoms with Gasteiger partial charge in [-0.05, 0) is 22.1 Å². The van der Waals surface area contributed by atoms with Crippen LogP contribution in [0.1, 0.15) is 0 Å². The van der Waals surface area contributed by atoms with Crippen molar-refractivity contribution in [2.75, 3.05) is 5.73 Å². The summed E-state index contributed by atoms with van der Waals surface area (Å²) in [6.45, 7) is 0. The van der Waals surface area contributed by atoms with Gasteiger partial charge in [-0.25, -0.2) is 9.55 Å². The number of nitrogen functional groups attached to an aromatic ring is 1. The van der Waals surface area contributed by atoms with E-state index in [1.54, 1.807) is 10.9 Å². The second kappa shape index (κ2) is 3.27. The molecule has 3 aromatic rings. The summed E-state index contributed by atoms with van der Waals surface area (Å²) in [5.41, 5.74) is 7.04. The molecule has 0 radical (unpaired) electrons. The largest absolute Gasteiger partial charge is 0.441 e. The van der Waals surface area contributed by atoms with E-state index in [-0.39, 0.29) is 0 Å². The lowest BCUT2D eigenvalue weighted by atomic mass is 10.5. The van der Waals surface area contributed by atoms with E-state index in [2.05, 4.69) is 19.9 Å². The summed E-state index contributed by atoms with van der Waals surface area (Å²) in [5.74, 6) is 0.909. The van der Waals surface area contributed by atoms with Gasteiger partial charge in [0, 0.05) is 0 Å². The Morgan fingerprint density at radius 2 is 1.94 bits per heavy atom. The molecule has 3 rings (SSSR count). The SMILES string of the molecule is Nc1nc(-[n+]2ccccc2)nc2nc[nH]c12. The van der Waals surface area contributed by atoms with Crippen molar-refractivity contribution in [2.45, 2.75) is 0 Å². The fourth-order valence-electron chi connectivity index (χ4n) is 1.49. The summed E-state index contributed by atoms with van der Waals surface area (Å²) in [6, 6.07) is 5.72. The van der Waals surface area contributed by atoms with E-state index in [1.165, 1.54) is 0 Å². The van der Waals surface area contributed by atoms with Gasteiger partial charge in [-0.15, -0.1) is 0 Å². The standard InChI is InChI=1S/C10H9N6/c11-8-7-9(13-6-12-7)15-10(14-8)16-4-2-1-3-5-16/h1-6H,(H3,11,12,13,14,15)/q+1. The van der Waals surface area contributed by atoms with Crippen LogP contribution in [-0.2, 0) is 0 Å². The molecule has 3 aromatic heterocycles. The Hall–Kier alpha value is -2.50. The number of imidazole rings is 1. The highest BCUT2D eigenvalue weighted by Gasteiger charge is 2.16. The normalized spacial score (nSPS) is 10.8. The second-order valence-electron chi connectivity index (χ2n) is 3.29. The predicted molar refractivity (Wildman–Crippen MR) is 57.6 cm³/mol. The van der Waals surface area contributed by atoms with E-state index in [4.69, 9.17) is 5.73 Å². The molecule has 0 aliphatic heterocycles. The quantitative estimate of drug-likeness (QED) is 0.566. The van der Waals surface area contributed by atoms with E-state index in [9.17, 15) is 0 Å². The van der Waals surface area contributed by atoms with Crippen molar-refractivity contribution in [3.63, 3.8) is 0 Å². The highest BCUT2D eigenvalue weighted by Crippen LogP contribution is 2.12. The monoisotopic (exact) mass is 213 g/mol. The van der Waals surface area contributed by atoms with Gasteiger partial charge in [-0.1, -0.05) is 6.07 Å². The number of hydrogen-bond acceptors (Lipinski definition) is 4. The summed E-state index contributed by atoms with van der Waals surface area (Å²) in [6.07, 6.45) is 5.26. The number of fused-ring (bicyclic) bond motifs is 1. The Balaban J connectivity index is 2.25. The zero-order valence-corrected chi connectivity index (χ0v) is 8.33. The number of aromatic amines is 1. The lowest BCUT2D eigenvalue weighted by molar-refractivity contribution is -0.603. The zero-order valence-electron chi connectivity index (χ0n) is 8.33. The molecule has 6 heteroatoms. The topological polar surface area (TPSA) is 84.4 Å². The molecule has 3 heterocycles. The van der Waals surface area contributed by atoms with Crippen molar-refractivity contribution in [1.29, 1.82) is 0 Å². The van der Waals surface area contributed by atoms with Crippen LogP contribution in [0.3, 0.4) is 0 Å². The maximum atomic E-state index is 5.80. The maximum Gasteiger partial charge on any atom is 0.441 e. The number of H-pyrrole nitrogens is 1. The molecule has 0 spiro atoms. The van der Waals surface area contributed by atoms with Gasteiger partial charge in [-0.3, -0.25) is 0 Å². The average molecular weight is 213 g/mol. The van der Waals surface area contributed by atoms with E-state index in [1.807, 2.05) is 30.6 Å². The van der Waals surface area contributed by atoms with Crippen molar-refractivity contribution in [3.05, 3.63) is 36.9 Å². The van der Waals surface area contributed by atoms with Gasteiger partial charge in [0.05, 0.1) is 18.7 Å². The van der Waals surface area contributed by atoms with Gasteiger partial charge in [0.1, 0.15) is 0 Å². The molecule has 0 unspecified atom stereocenters. The van der Waals surface area contributed by atoms with Gasteiger partial charge in [-0.2, -0.15) is 0 Å². The minimum Gasteiger partial charge on any atom is -0.368 e. The molecule has 16 heavy (non-hydrogen) atoms. The smallest absolute Gasteiger partial charge is 0.368 e. The van der Waals surface area contributed by atoms with Crippen LogP contribution in [0.5, 0.6) is 0 Å². The third-order valence-electron chi connectivity index (χ3n) is 2.25. The first kappa shape index (κ1) is 8.78. The number of aromatic nitrogens is 5. The third-order valence-corrected chi connectivity index (χ3v) is 2.25. The van der Waals surface area contributed by atoms with Crippen LogP contribution in [-0.4, -0.2) is 19.9 Å². The van der Waals surface area contributed by atoms with Gasteiger partial charge in [0.15, 0.2) is 5.52 Å². The van der Waals surface area contributed by atoms with Crippen LogP contribution in [0.15, 0.2) is 36.9 Å². The lowest BCUT2D eigenvalue weighted by Gasteiger charge is -1.94. The minimum absolute atomic E-state index is 0.397. The van der Waals surface area contributed by atoms with Crippen LogP contribution in [0.2, 0.25) is 0 Å². The predicted octanol–water partition coefficient (Wildman–Crippen LogP) is 0.212. The van der Waals surface area contributed by atoms with Crippen LogP contribution >= 0.6 is 0 Å². The molecule has 0 fully saturated rings. The molecule has 0 aliphatic carbocycles. The summed E-state index contributed by atoms with van der Waals surface area (Å²) in [4.78, 5) is 15.5. The first-order valence-corrected chi connectivity index (χ1v) is 4.78.